The Morgan fingerprint density at radius 3 is 2.71 bits per heavy atom. The van der Waals surface area contributed by atoms with Gasteiger partial charge in [-0.3, -0.25) is 4.98 Å². The third-order valence-corrected chi connectivity index (χ3v) is 2.45. The molecule has 2 heterocycles. The molecule has 0 spiro atoms. The summed E-state index contributed by atoms with van der Waals surface area (Å²) >= 11 is 0. The van der Waals surface area contributed by atoms with Crippen molar-refractivity contribution >= 4 is 0 Å². The van der Waals surface area contributed by atoms with E-state index in [1.807, 2.05) is 31.6 Å². The molecule has 0 fully saturated rings. The molecule has 4 heteroatoms. The Bertz CT molecular complexity index is 482. The Morgan fingerprint density at radius 2 is 2.06 bits per heavy atom. The average Bonchev–Trinajstić information content (AvgIpc) is 2.40. The van der Waals surface area contributed by atoms with Crippen molar-refractivity contribution in [3.8, 4) is 17.0 Å². The van der Waals surface area contributed by atoms with Gasteiger partial charge in [0.05, 0.1) is 7.11 Å². The molecule has 2 aromatic heterocycles. The second-order valence-corrected chi connectivity index (χ2v) is 3.70. The molecule has 1 N–H and O–H groups in total. The summed E-state index contributed by atoms with van der Waals surface area (Å²) in [5.41, 5.74) is 3.25. The van der Waals surface area contributed by atoms with Gasteiger partial charge in [0.1, 0.15) is 0 Å². The number of hydrogen-bond acceptors (Lipinski definition) is 4. The van der Waals surface area contributed by atoms with E-state index in [1.54, 1.807) is 13.3 Å². The zero-order valence-corrected chi connectivity index (χ0v) is 9.97. The van der Waals surface area contributed by atoms with Crippen molar-refractivity contribution in [2.45, 2.75) is 6.54 Å². The number of nitrogens with zero attached hydrogens (tertiary/aromatic N) is 2. The van der Waals surface area contributed by atoms with Gasteiger partial charge in [-0.15, -0.1) is 0 Å². The Labute approximate surface area is 101 Å². The van der Waals surface area contributed by atoms with Crippen molar-refractivity contribution in [2.75, 3.05) is 14.2 Å². The van der Waals surface area contributed by atoms with Crippen molar-refractivity contribution in [3.05, 3.63) is 42.4 Å². The van der Waals surface area contributed by atoms with E-state index in [2.05, 4.69) is 21.4 Å². The van der Waals surface area contributed by atoms with E-state index in [9.17, 15) is 0 Å². The minimum Gasteiger partial charge on any atom is -0.481 e. The summed E-state index contributed by atoms with van der Waals surface area (Å²) in [6, 6.07) is 5.93. The van der Waals surface area contributed by atoms with Gasteiger partial charge < -0.3 is 10.1 Å². The number of methoxy groups -OCH3 is 1. The second kappa shape index (κ2) is 5.41. The molecule has 2 aromatic rings. The fourth-order valence-electron chi connectivity index (χ4n) is 1.62. The number of nitrogens with one attached hydrogen (secondary N) is 1. The summed E-state index contributed by atoms with van der Waals surface area (Å²) in [5, 5.41) is 3.11. The highest BCUT2D eigenvalue weighted by Gasteiger charge is 2.01. The summed E-state index contributed by atoms with van der Waals surface area (Å²) < 4.78 is 5.03. The lowest BCUT2D eigenvalue weighted by molar-refractivity contribution is 0.398. The molecular weight excluding hydrogens is 214 g/mol. The van der Waals surface area contributed by atoms with Gasteiger partial charge in [-0.2, -0.15) is 0 Å². The molecule has 0 aliphatic rings. The maximum absolute atomic E-state index is 5.03. The molecule has 0 amide bonds. The number of ether oxygens (including phenoxy) is 1. The zero-order valence-electron chi connectivity index (χ0n) is 9.97. The molecule has 0 unspecified atom stereocenters. The molecule has 0 saturated carbocycles. The van der Waals surface area contributed by atoms with E-state index in [4.69, 9.17) is 4.74 Å². The minimum atomic E-state index is 0.619. The van der Waals surface area contributed by atoms with Gasteiger partial charge >= 0.3 is 0 Å². The monoisotopic (exact) mass is 229 g/mol. The molecule has 88 valence electrons. The number of pyridine rings is 2. The first-order valence-electron chi connectivity index (χ1n) is 5.42. The molecule has 2 rings (SSSR count). The van der Waals surface area contributed by atoms with Crippen LogP contribution in [0.4, 0.5) is 0 Å². The van der Waals surface area contributed by atoms with Gasteiger partial charge in [-0.05, 0) is 24.7 Å². The smallest absolute Gasteiger partial charge is 0.212 e. The van der Waals surface area contributed by atoms with Crippen LogP contribution in [-0.2, 0) is 6.54 Å². The van der Waals surface area contributed by atoms with E-state index in [-0.39, 0.29) is 0 Å². The summed E-state index contributed by atoms with van der Waals surface area (Å²) in [7, 11) is 3.53. The number of hydrogen-bond donors (Lipinski definition) is 1. The fraction of sp³-hybridized carbons (Fsp3) is 0.231. The van der Waals surface area contributed by atoms with Gasteiger partial charge in [0.25, 0.3) is 0 Å². The maximum atomic E-state index is 5.03. The Hall–Kier alpha value is -1.94. The van der Waals surface area contributed by atoms with Gasteiger partial charge in [-0.25, -0.2) is 4.98 Å². The highest BCUT2D eigenvalue weighted by atomic mass is 16.5. The molecule has 0 aromatic carbocycles. The van der Waals surface area contributed by atoms with E-state index in [0.717, 1.165) is 23.2 Å². The van der Waals surface area contributed by atoms with E-state index in [0.29, 0.717) is 5.88 Å². The van der Waals surface area contributed by atoms with Crippen molar-refractivity contribution < 1.29 is 4.74 Å². The summed E-state index contributed by atoms with van der Waals surface area (Å²) in [5.74, 6) is 0.619. The molecule has 0 aliphatic carbocycles. The molecule has 0 aliphatic heterocycles. The van der Waals surface area contributed by atoms with Crippen LogP contribution in [0, 0.1) is 0 Å². The van der Waals surface area contributed by atoms with Crippen LogP contribution in [-0.4, -0.2) is 24.1 Å². The van der Waals surface area contributed by atoms with Crippen molar-refractivity contribution in [2.24, 2.45) is 0 Å². The zero-order chi connectivity index (χ0) is 12.1. The maximum Gasteiger partial charge on any atom is 0.212 e. The predicted octanol–water partition coefficient (Wildman–Crippen LogP) is 1.87. The fourth-order valence-corrected chi connectivity index (χ4v) is 1.62. The van der Waals surface area contributed by atoms with Crippen LogP contribution >= 0.6 is 0 Å². The van der Waals surface area contributed by atoms with Gasteiger partial charge in [0, 0.05) is 42.3 Å². The lowest BCUT2D eigenvalue weighted by Gasteiger charge is -2.05. The predicted molar refractivity (Wildman–Crippen MR) is 66.8 cm³/mol. The quantitative estimate of drug-likeness (QED) is 0.869. The largest absolute Gasteiger partial charge is 0.481 e. The van der Waals surface area contributed by atoms with Gasteiger partial charge in [-0.1, -0.05) is 0 Å². The molecule has 0 radical (unpaired) electrons. The van der Waals surface area contributed by atoms with Crippen LogP contribution in [0.25, 0.3) is 11.1 Å². The van der Waals surface area contributed by atoms with E-state index in [1.165, 1.54) is 0 Å². The standard InChI is InChI=1S/C13H15N3O/c1-14-6-10-5-12(8-15-7-10)11-3-4-13(17-2)16-9-11/h3-5,7-9,14H,6H2,1-2H3. The third-order valence-electron chi connectivity index (χ3n) is 2.45. The summed E-state index contributed by atoms with van der Waals surface area (Å²) in [4.78, 5) is 8.41. The number of rotatable bonds is 4. The number of aromatic nitrogens is 2. The molecule has 0 saturated heterocycles. The van der Waals surface area contributed by atoms with E-state index >= 15 is 0 Å². The molecule has 17 heavy (non-hydrogen) atoms. The Kier molecular flexibility index (Phi) is 3.67. The van der Waals surface area contributed by atoms with Gasteiger partial charge in [0.15, 0.2) is 0 Å². The van der Waals surface area contributed by atoms with Crippen LogP contribution in [0.3, 0.4) is 0 Å². The Balaban J connectivity index is 2.28. The van der Waals surface area contributed by atoms with Crippen LogP contribution in [0.5, 0.6) is 5.88 Å². The highest BCUT2D eigenvalue weighted by molar-refractivity contribution is 5.62. The third kappa shape index (κ3) is 2.79. The van der Waals surface area contributed by atoms with Gasteiger partial charge in [0.2, 0.25) is 5.88 Å². The average molecular weight is 229 g/mol. The van der Waals surface area contributed by atoms with Crippen LogP contribution < -0.4 is 10.1 Å². The van der Waals surface area contributed by atoms with Crippen LogP contribution in [0.15, 0.2) is 36.8 Å². The van der Waals surface area contributed by atoms with E-state index < -0.39 is 0 Å². The molecular formula is C13H15N3O. The lowest BCUT2D eigenvalue weighted by Crippen LogP contribution is -2.05. The normalized spacial score (nSPS) is 10.2. The first kappa shape index (κ1) is 11.5. The summed E-state index contributed by atoms with van der Waals surface area (Å²) in [6.45, 7) is 0.810. The topological polar surface area (TPSA) is 47.0 Å². The highest BCUT2D eigenvalue weighted by Crippen LogP contribution is 2.20. The molecule has 0 bridgehead atoms. The first-order chi connectivity index (χ1) is 8.33. The Morgan fingerprint density at radius 1 is 1.18 bits per heavy atom. The second-order valence-electron chi connectivity index (χ2n) is 3.70. The molecule has 4 nitrogen and oxygen atoms in total. The van der Waals surface area contributed by atoms with Crippen molar-refractivity contribution in [1.29, 1.82) is 0 Å². The van der Waals surface area contributed by atoms with Crippen LogP contribution in [0.2, 0.25) is 0 Å². The minimum absolute atomic E-state index is 0.619. The molecule has 0 atom stereocenters. The summed E-state index contributed by atoms with van der Waals surface area (Å²) in [6.07, 6.45) is 5.48. The van der Waals surface area contributed by atoms with Crippen molar-refractivity contribution in [3.63, 3.8) is 0 Å². The van der Waals surface area contributed by atoms with Crippen molar-refractivity contribution in [1.82, 2.24) is 15.3 Å². The SMILES string of the molecule is CNCc1cncc(-c2ccc(OC)nc2)c1. The lowest BCUT2D eigenvalue weighted by atomic mass is 10.1. The first-order valence-corrected chi connectivity index (χ1v) is 5.42. The van der Waals surface area contributed by atoms with Crippen LogP contribution in [0.1, 0.15) is 5.56 Å².